The summed E-state index contributed by atoms with van der Waals surface area (Å²) in [6, 6.07) is 9.59. The molecule has 3 rings (SSSR count). The van der Waals surface area contributed by atoms with Gasteiger partial charge in [0.05, 0.1) is 30.9 Å². The molecule has 0 saturated carbocycles. The van der Waals surface area contributed by atoms with E-state index in [9.17, 15) is 4.79 Å². The standard InChI is InChI=1S/C24H26BrI2N3O2/c1-6-14(2)22-29-20-8-7-16(25)11-17(20)23(31)30(22)28-12-15-9-18(26)21(19(27)10-15)32-13-24(3,4)5/h7-12,14H,6,13H2,1-5H3/t14-/m0/s1. The first-order valence-electron chi connectivity index (χ1n) is 10.4. The fraction of sp³-hybridized carbons (Fsp3) is 0.375. The Bertz CT molecular complexity index is 1210. The van der Waals surface area contributed by atoms with Crippen LogP contribution in [0.2, 0.25) is 0 Å². The molecule has 3 aromatic rings. The number of fused-ring (bicyclic) bond motifs is 1. The van der Waals surface area contributed by atoms with Gasteiger partial charge >= 0.3 is 0 Å². The second-order valence-corrected chi connectivity index (χ2v) is 12.2. The lowest BCUT2D eigenvalue weighted by Crippen LogP contribution is -2.23. The zero-order valence-electron chi connectivity index (χ0n) is 18.7. The molecular formula is C24H26BrI2N3O2. The van der Waals surface area contributed by atoms with Gasteiger partial charge < -0.3 is 4.74 Å². The molecule has 0 aliphatic heterocycles. The Hall–Kier alpha value is -1.01. The van der Waals surface area contributed by atoms with Gasteiger partial charge in [-0.05, 0) is 92.9 Å². The number of halogens is 3. The van der Waals surface area contributed by atoms with E-state index in [1.807, 2.05) is 24.3 Å². The number of aromatic nitrogens is 2. The molecule has 0 amide bonds. The third kappa shape index (κ3) is 6.11. The van der Waals surface area contributed by atoms with E-state index in [4.69, 9.17) is 9.72 Å². The molecule has 170 valence electrons. The summed E-state index contributed by atoms with van der Waals surface area (Å²) in [5, 5.41) is 5.12. The van der Waals surface area contributed by atoms with Crippen LogP contribution in [0.3, 0.4) is 0 Å². The molecule has 0 spiro atoms. The minimum atomic E-state index is -0.169. The van der Waals surface area contributed by atoms with Crippen molar-refractivity contribution >= 4 is 78.2 Å². The molecule has 0 unspecified atom stereocenters. The fourth-order valence-electron chi connectivity index (χ4n) is 2.98. The van der Waals surface area contributed by atoms with E-state index in [0.29, 0.717) is 23.3 Å². The molecule has 0 bridgehead atoms. The minimum absolute atomic E-state index is 0.0813. The van der Waals surface area contributed by atoms with Crippen molar-refractivity contribution in [2.75, 3.05) is 6.61 Å². The maximum absolute atomic E-state index is 13.3. The summed E-state index contributed by atoms with van der Waals surface area (Å²) in [5.74, 6) is 1.65. The lowest BCUT2D eigenvalue weighted by atomic mass is 9.99. The average molecular weight is 722 g/mol. The van der Waals surface area contributed by atoms with E-state index in [-0.39, 0.29) is 16.9 Å². The monoisotopic (exact) mass is 721 g/mol. The Morgan fingerprint density at radius 1 is 1.22 bits per heavy atom. The van der Waals surface area contributed by atoms with Gasteiger partial charge in [0.15, 0.2) is 0 Å². The zero-order chi connectivity index (χ0) is 23.6. The highest BCUT2D eigenvalue weighted by molar-refractivity contribution is 14.1. The predicted molar refractivity (Wildman–Crippen MR) is 152 cm³/mol. The van der Waals surface area contributed by atoms with Gasteiger partial charge in [0.1, 0.15) is 11.6 Å². The molecule has 0 N–H and O–H groups in total. The van der Waals surface area contributed by atoms with Crippen molar-refractivity contribution < 1.29 is 4.74 Å². The van der Waals surface area contributed by atoms with Gasteiger partial charge in [-0.3, -0.25) is 4.79 Å². The summed E-state index contributed by atoms with van der Waals surface area (Å²) in [4.78, 5) is 18.0. The quantitative estimate of drug-likeness (QED) is 0.200. The molecule has 0 fully saturated rings. The van der Waals surface area contributed by atoms with E-state index in [1.54, 1.807) is 12.3 Å². The SMILES string of the molecule is CC[C@H](C)c1nc2ccc(Br)cc2c(=O)n1N=Cc1cc(I)c(OCC(C)(C)C)c(I)c1. The van der Waals surface area contributed by atoms with Gasteiger partial charge in [-0.1, -0.05) is 50.5 Å². The number of benzene rings is 2. The first-order chi connectivity index (χ1) is 15.0. The summed E-state index contributed by atoms with van der Waals surface area (Å²) in [5.41, 5.74) is 1.50. The lowest BCUT2D eigenvalue weighted by Gasteiger charge is -2.20. The summed E-state index contributed by atoms with van der Waals surface area (Å²) < 4.78 is 10.4. The molecule has 1 heterocycles. The fourth-order valence-corrected chi connectivity index (χ4v) is 5.47. The van der Waals surface area contributed by atoms with E-state index in [2.05, 4.69) is 101 Å². The first-order valence-corrected chi connectivity index (χ1v) is 13.3. The summed E-state index contributed by atoms with van der Waals surface area (Å²) in [7, 11) is 0. The third-order valence-corrected chi connectivity index (χ3v) is 6.97. The molecule has 32 heavy (non-hydrogen) atoms. The predicted octanol–water partition coefficient (Wildman–Crippen LogP) is 7.19. The van der Waals surface area contributed by atoms with Crippen LogP contribution in [0.4, 0.5) is 0 Å². The topological polar surface area (TPSA) is 56.5 Å². The third-order valence-electron chi connectivity index (χ3n) is 4.88. The molecule has 8 heteroatoms. The maximum Gasteiger partial charge on any atom is 0.282 e. The molecule has 2 aromatic carbocycles. The van der Waals surface area contributed by atoms with E-state index in [1.165, 1.54) is 4.68 Å². The van der Waals surface area contributed by atoms with Crippen LogP contribution in [0.5, 0.6) is 5.75 Å². The molecule has 0 aliphatic carbocycles. The zero-order valence-corrected chi connectivity index (χ0v) is 24.6. The van der Waals surface area contributed by atoms with Crippen LogP contribution < -0.4 is 10.3 Å². The smallest absolute Gasteiger partial charge is 0.282 e. The Morgan fingerprint density at radius 2 is 1.88 bits per heavy atom. The van der Waals surface area contributed by atoms with Crippen molar-refractivity contribution in [3.05, 3.63) is 63.7 Å². The van der Waals surface area contributed by atoms with E-state index in [0.717, 1.165) is 29.3 Å². The molecule has 0 saturated heterocycles. The Morgan fingerprint density at radius 3 is 2.47 bits per heavy atom. The van der Waals surface area contributed by atoms with Crippen molar-refractivity contribution in [3.8, 4) is 5.75 Å². The lowest BCUT2D eigenvalue weighted by molar-refractivity contribution is 0.195. The van der Waals surface area contributed by atoms with Gasteiger partial charge in [0, 0.05) is 10.4 Å². The van der Waals surface area contributed by atoms with Crippen LogP contribution in [0, 0.1) is 12.6 Å². The van der Waals surface area contributed by atoms with Crippen molar-refractivity contribution in [3.63, 3.8) is 0 Å². The average Bonchev–Trinajstić information content (AvgIpc) is 2.71. The van der Waals surface area contributed by atoms with Gasteiger partial charge in [-0.25, -0.2) is 4.98 Å². The van der Waals surface area contributed by atoms with Crippen molar-refractivity contribution in [1.82, 2.24) is 9.66 Å². The van der Waals surface area contributed by atoms with Crippen LogP contribution in [0.1, 0.15) is 58.3 Å². The van der Waals surface area contributed by atoms with Crippen molar-refractivity contribution in [2.45, 2.75) is 47.0 Å². The summed E-state index contributed by atoms with van der Waals surface area (Å²) in [6.07, 6.45) is 2.58. The van der Waals surface area contributed by atoms with E-state index < -0.39 is 0 Å². The Labute approximate surface area is 224 Å². The molecule has 0 radical (unpaired) electrons. The molecule has 1 aromatic heterocycles. The molecular weight excluding hydrogens is 696 g/mol. The molecule has 0 aliphatic rings. The van der Waals surface area contributed by atoms with E-state index >= 15 is 0 Å². The van der Waals surface area contributed by atoms with Gasteiger partial charge in [-0.15, -0.1) is 0 Å². The van der Waals surface area contributed by atoms with Crippen molar-refractivity contribution in [1.29, 1.82) is 0 Å². The summed E-state index contributed by atoms with van der Waals surface area (Å²) in [6.45, 7) is 11.2. The maximum atomic E-state index is 13.3. The highest BCUT2D eigenvalue weighted by atomic mass is 127. The number of ether oxygens (including phenoxy) is 1. The van der Waals surface area contributed by atoms with Crippen LogP contribution >= 0.6 is 61.1 Å². The number of nitrogens with zero attached hydrogens (tertiary/aromatic N) is 3. The highest BCUT2D eigenvalue weighted by Crippen LogP contribution is 2.30. The van der Waals surface area contributed by atoms with Gasteiger partial charge in [0.2, 0.25) is 0 Å². The number of hydrogen-bond acceptors (Lipinski definition) is 4. The second-order valence-electron chi connectivity index (χ2n) is 8.97. The number of rotatable bonds is 6. The molecule has 1 atom stereocenters. The normalized spacial score (nSPS) is 13.1. The second kappa shape index (κ2) is 10.5. The summed E-state index contributed by atoms with van der Waals surface area (Å²) >= 11 is 8.02. The Kier molecular flexibility index (Phi) is 8.40. The van der Waals surface area contributed by atoms with Crippen molar-refractivity contribution in [2.24, 2.45) is 10.5 Å². The van der Waals surface area contributed by atoms with Gasteiger partial charge in [0.25, 0.3) is 5.56 Å². The van der Waals surface area contributed by atoms with Gasteiger partial charge in [-0.2, -0.15) is 9.78 Å². The Balaban J connectivity index is 2.04. The molecule has 5 nitrogen and oxygen atoms in total. The highest BCUT2D eigenvalue weighted by Gasteiger charge is 2.17. The van der Waals surface area contributed by atoms with Crippen LogP contribution in [-0.2, 0) is 0 Å². The minimum Gasteiger partial charge on any atom is -0.491 e. The van der Waals surface area contributed by atoms with Crippen LogP contribution in [0.15, 0.2) is 44.7 Å². The number of hydrogen-bond donors (Lipinski definition) is 0. The largest absolute Gasteiger partial charge is 0.491 e. The van der Waals surface area contributed by atoms with Crippen LogP contribution in [0.25, 0.3) is 10.9 Å². The first kappa shape index (κ1) is 25.6. The van der Waals surface area contributed by atoms with Crippen LogP contribution in [-0.4, -0.2) is 22.5 Å².